The Bertz CT molecular complexity index is 1030. The van der Waals surface area contributed by atoms with Crippen LogP contribution < -0.4 is 4.74 Å². The summed E-state index contributed by atoms with van der Waals surface area (Å²) in [5, 5.41) is 11.2. The van der Waals surface area contributed by atoms with Crippen LogP contribution in [0.25, 0.3) is 5.76 Å². The van der Waals surface area contributed by atoms with E-state index in [0.717, 1.165) is 29.8 Å². The van der Waals surface area contributed by atoms with Gasteiger partial charge in [0.05, 0.1) is 18.2 Å². The highest BCUT2D eigenvalue weighted by Crippen LogP contribution is 2.39. The lowest BCUT2D eigenvalue weighted by atomic mass is 9.95. The standard InChI is InChI=1S/C27H34N2O4/c1-18(2)17-33-22-13-12-21(16-19(22)3)25(30)23-24(20-10-7-6-8-11-20)29(27(32)26(23)31)15-9-14-28(4)5/h6-8,10-13,16,18,24,30H,9,14-15,17H2,1-5H3/t24-/m1/s1. The molecule has 1 atom stereocenters. The number of carbonyl (C=O) groups excluding carboxylic acids is 2. The van der Waals surface area contributed by atoms with Crippen LogP contribution in [-0.4, -0.2) is 60.4 Å². The van der Waals surface area contributed by atoms with Gasteiger partial charge in [0.15, 0.2) is 0 Å². The summed E-state index contributed by atoms with van der Waals surface area (Å²) in [7, 11) is 3.94. The van der Waals surface area contributed by atoms with Gasteiger partial charge < -0.3 is 19.6 Å². The molecule has 1 fully saturated rings. The molecule has 0 spiro atoms. The van der Waals surface area contributed by atoms with Crippen molar-refractivity contribution < 1.29 is 19.4 Å². The number of aliphatic hydroxyl groups excluding tert-OH is 1. The topological polar surface area (TPSA) is 70.1 Å². The maximum atomic E-state index is 13.1. The Balaban J connectivity index is 2.01. The minimum Gasteiger partial charge on any atom is -0.507 e. The van der Waals surface area contributed by atoms with E-state index in [1.54, 1.807) is 23.1 Å². The Kier molecular flexibility index (Phi) is 7.92. The minimum absolute atomic E-state index is 0.131. The normalized spacial score (nSPS) is 17.9. The quantitative estimate of drug-likeness (QED) is 0.348. The van der Waals surface area contributed by atoms with Gasteiger partial charge in [-0.1, -0.05) is 44.2 Å². The zero-order chi connectivity index (χ0) is 24.1. The molecule has 1 aliphatic rings. The fourth-order valence-corrected chi connectivity index (χ4v) is 4.02. The molecule has 33 heavy (non-hydrogen) atoms. The molecule has 2 aromatic carbocycles. The number of nitrogens with zero attached hydrogens (tertiary/aromatic N) is 2. The van der Waals surface area contributed by atoms with E-state index in [4.69, 9.17) is 4.74 Å². The molecule has 1 saturated heterocycles. The molecule has 1 N–H and O–H groups in total. The molecule has 6 nitrogen and oxygen atoms in total. The van der Waals surface area contributed by atoms with Crippen molar-refractivity contribution in [2.75, 3.05) is 33.8 Å². The van der Waals surface area contributed by atoms with E-state index in [1.165, 1.54) is 0 Å². The number of aliphatic hydroxyl groups is 1. The van der Waals surface area contributed by atoms with Gasteiger partial charge in [0.1, 0.15) is 11.5 Å². The first-order valence-electron chi connectivity index (χ1n) is 11.4. The molecular weight excluding hydrogens is 416 g/mol. The molecule has 6 heteroatoms. The molecule has 0 radical (unpaired) electrons. The number of benzene rings is 2. The van der Waals surface area contributed by atoms with Gasteiger partial charge >= 0.3 is 0 Å². The lowest BCUT2D eigenvalue weighted by Crippen LogP contribution is -2.32. The van der Waals surface area contributed by atoms with Gasteiger partial charge in [-0.2, -0.15) is 0 Å². The largest absolute Gasteiger partial charge is 0.507 e. The van der Waals surface area contributed by atoms with Crippen molar-refractivity contribution in [1.82, 2.24) is 9.80 Å². The number of ketones is 1. The van der Waals surface area contributed by atoms with Crippen LogP contribution >= 0.6 is 0 Å². The number of hydrogen-bond acceptors (Lipinski definition) is 5. The van der Waals surface area contributed by atoms with Crippen LogP contribution in [-0.2, 0) is 9.59 Å². The number of Topliss-reactive ketones (excluding diaryl/α,β-unsaturated/α-hetero) is 1. The Morgan fingerprint density at radius 1 is 1.12 bits per heavy atom. The van der Waals surface area contributed by atoms with E-state index >= 15 is 0 Å². The number of carbonyl (C=O) groups is 2. The zero-order valence-corrected chi connectivity index (χ0v) is 20.2. The third-order valence-electron chi connectivity index (χ3n) is 5.68. The predicted molar refractivity (Wildman–Crippen MR) is 130 cm³/mol. The van der Waals surface area contributed by atoms with Crippen LogP contribution in [0.5, 0.6) is 5.75 Å². The summed E-state index contributed by atoms with van der Waals surface area (Å²) < 4.78 is 5.84. The van der Waals surface area contributed by atoms with Crippen LogP contribution in [0.2, 0.25) is 0 Å². The summed E-state index contributed by atoms with van der Waals surface area (Å²) in [6.45, 7) is 7.88. The first-order valence-corrected chi connectivity index (χ1v) is 11.4. The van der Waals surface area contributed by atoms with Crippen LogP contribution in [0.1, 0.15) is 43.0 Å². The van der Waals surface area contributed by atoms with Crippen LogP contribution in [0.4, 0.5) is 0 Å². The second-order valence-electron chi connectivity index (χ2n) is 9.25. The molecule has 0 unspecified atom stereocenters. The number of amides is 1. The summed E-state index contributed by atoms with van der Waals surface area (Å²) in [6, 6.07) is 14.1. The highest BCUT2D eigenvalue weighted by atomic mass is 16.5. The summed E-state index contributed by atoms with van der Waals surface area (Å²) in [5.41, 5.74) is 2.29. The summed E-state index contributed by atoms with van der Waals surface area (Å²) in [5.74, 6) is -0.242. The number of rotatable bonds is 9. The van der Waals surface area contributed by atoms with Gasteiger partial charge in [-0.15, -0.1) is 0 Å². The molecule has 0 aromatic heterocycles. The van der Waals surface area contributed by atoms with Crippen LogP contribution in [0.15, 0.2) is 54.1 Å². The van der Waals surface area contributed by atoms with E-state index < -0.39 is 17.7 Å². The van der Waals surface area contributed by atoms with Gasteiger partial charge in [-0.3, -0.25) is 9.59 Å². The fourth-order valence-electron chi connectivity index (χ4n) is 4.02. The van der Waals surface area contributed by atoms with Crippen molar-refractivity contribution in [3.63, 3.8) is 0 Å². The van der Waals surface area contributed by atoms with Crippen molar-refractivity contribution in [1.29, 1.82) is 0 Å². The average molecular weight is 451 g/mol. The van der Waals surface area contributed by atoms with Crippen molar-refractivity contribution in [3.8, 4) is 5.75 Å². The maximum Gasteiger partial charge on any atom is 0.295 e. The second kappa shape index (κ2) is 10.7. The van der Waals surface area contributed by atoms with Crippen molar-refractivity contribution in [3.05, 3.63) is 70.8 Å². The molecule has 0 bridgehead atoms. The molecular formula is C27H34N2O4. The summed E-state index contributed by atoms with van der Waals surface area (Å²) in [4.78, 5) is 29.7. The van der Waals surface area contributed by atoms with E-state index in [2.05, 4.69) is 13.8 Å². The lowest BCUT2D eigenvalue weighted by Gasteiger charge is -2.26. The first-order chi connectivity index (χ1) is 15.7. The third kappa shape index (κ3) is 5.63. The van der Waals surface area contributed by atoms with Gasteiger partial charge in [0, 0.05) is 12.1 Å². The smallest absolute Gasteiger partial charge is 0.295 e. The molecule has 1 heterocycles. The Labute approximate surface area is 196 Å². The monoisotopic (exact) mass is 450 g/mol. The highest BCUT2D eigenvalue weighted by Gasteiger charge is 2.45. The van der Waals surface area contributed by atoms with E-state index in [-0.39, 0.29) is 11.3 Å². The molecule has 0 aliphatic carbocycles. The summed E-state index contributed by atoms with van der Waals surface area (Å²) in [6.07, 6.45) is 0.727. The number of hydrogen-bond donors (Lipinski definition) is 1. The third-order valence-corrected chi connectivity index (χ3v) is 5.68. The first kappa shape index (κ1) is 24.5. The van der Waals surface area contributed by atoms with Gasteiger partial charge in [-0.25, -0.2) is 0 Å². The Morgan fingerprint density at radius 2 is 1.82 bits per heavy atom. The molecule has 1 aliphatic heterocycles. The minimum atomic E-state index is -0.649. The number of aryl methyl sites for hydroxylation is 1. The fraction of sp³-hybridized carbons (Fsp3) is 0.407. The molecule has 1 amide bonds. The number of ether oxygens (including phenoxy) is 1. The van der Waals surface area contributed by atoms with Crippen LogP contribution in [0.3, 0.4) is 0 Å². The lowest BCUT2D eigenvalue weighted by molar-refractivity contribution is -0.139. The molecule has 0 saturated carbocycles. The average Bonchev–Trinajstić information content (AvgIpc) is 3.03. The van der Waals surface area contributed by atoms with Gasteiger partial charge in [-0.05, 0) is 69.2 Å². The Morgan fingerprint density at radius 3 is 2.42 bits per heavy atom. The predicted octanol–water partition coefficient (Wildman–Crippen LogP) is 4.40. The van der Waals surface area contributed by atoms with Crippen molar-refractivity contribution >= 4 is 17.4 Å². The summed E-state index contributed by atoms with van der Waals surface area (Å²) >= 11 is 0. The Hall–Kier alpha value is -3.12. The van der Waals surface area contributed by atoms with E-state index in [1.807, 2.05) is 56.3 Å². The molecule has 176 valence electrons. The van der Waals surface area contributed by atoms with Crippen LogP contribution in [0, 0.1) is 12.8 Å². The number of likely N-dealkylation sites (tertiary alicyclic amines) is 1. The van der Waals surface area contributed by atoms with Gasteiger partial charge in [0.25, 0.3) is 11.7 Å². The molecule has 3 rings (SSSR count). The molecule has 2 aromatic rings. The van der Waals surface area contributed by atoms with Crippen molar-refractivity contribution in [2.45, 2.75) is 33.2 Å². The van der Waals surface area contributed by atoms with Gasteiger partial charge in [0.2, 0.25) is 0 Å². The zero-order valence-electron chi connectivity index (χ0n) is 20.2. The SMILES string of the molecule is Cc1cc(C(O)=C2C(=O)C(=O)N(CCCN(C)C)[C@@H]2c2ccccc2)ccc1OCC(C)C. The van der Waals surface area contributed by atoms with Crippen molar-refractivity contribution in [2.24, 2.45) is 5.92 Å². The van der Waals surface area contributed by atoms with E-state index in [0.29, 0.717) is 24.6 Å². The second-order valence-corrected chi connectivity index (χ2v) is 9.25. The highest BCUT2D eigenvalue weighted by molar-refractivity contribution is 6.46. The van der Waals surface area contributed by atoms with E-state index in [9.17, 15) is 14.7 Å². The maximum absolute atomic E-state index is 13.1.